The van der Waals surface area contributed by atoms with Crippen molar-refractivity contribution in [2.45, 2.75) is 39.0 Å². The molecule has 0 unspecified atom stereocenters. The Kier molecular flexibility index (Phi) is 8.53. The van der Waals surface area contributed by atoms with Crippen LogP contribution in [0.5, 0.6) is 0 Å². The molecule has 0 fully saturated rings. The van der Waals surface area contributed by atoms with Crippen LogP contribution in [0.4, 0.5) is 0 Å². The summed E-state index contributed by atoms with van der Waals surface area (Å²) >= 11 is 0. The molecule has 0 radical (unpaired) electrons. The van der Waals surface area contributed by atoms with Gasteiger partial charge < -0.3 is 17.2 Å². The maximum atomic E-state index is 11.7. The van der Waals surface area contributed by atoms with Crippen LogP contribution >= 0.6 is 0 Å². The van der Waals surface area contributed by atoms with Gasteiger partial charge in [0, 0.05) is 6.54 Å². The van der Waals surface area contributed by atoms with Crippen LogP contribution in [-0.4, -0.2) is 38.3 Å². The third-order valence-electron chi connectivity index (χ3n) is 2.41. The van der Waals surface area contributed by atoms with Gasteiger partial charge in [-0.05, 0) is 19.3 Å². The summed E-state index contributed by atoms with van der Waals surface area (Å²) in [6, 6.07) is 0. The molecule has 0 rings (SSSR count). The largest absolute Gasteiger partial charge is 0.370 e. The first-order valence-corrected chi connectivity index (χ1v) is 8.06. The lowest BCUT2D eigenvalue weighted by Gasteiger charge is -2.03. The van der Waals surface area contributed by atoms with Gasteiger partial charge in [0.1, 0.15) is 5.71 Å². The van der Waals surface area contributed by atoms with Crippen LogP contribution in [0.2, 0.25) is 0 Å². The molecule has 6 N–H and O–H groups in total. The molecule has 116 valence electrons. The summed E-state index contributed by atoms with van der Waals surface area (Å²) in [6.07, 6.45) is 2.73. The van der Waals surface area contributed by atoms with E-state index < -0.39 is 15.9 Å². The van der Waals surface area contributed by atoms with Gasteiger partial charge in [0.15, 0.2) is 5.96 Å². The van der Waals surface area contributed by atoms with Gasteiger partial charge >= 0.3 is 0 Å². The maximum Gasteiger partial charge on any atom is 0.263 e. The van der Waals surface area contributed by atoms with Gasteiger partial charge in [0.2, 0.25) is 0 Å². The van der Waals surface area contributed by atoms with E-state index in [0.29, 0.717) is 12.8 Å². The van der Waals surface area contributed by atoms with Gasteiger partial charge in [-0.25, -0.2) is 8.42 Å². The molecule has 0 spiro atoms. The second-order valence-corrected chi connectivity index (χ2v) is 6.06. The molecular formula is C11H23N5O3S. The Morgan fingerprint density at radius 1 is 1.10 bits per heavy atom. The summed E-state index contributed by atoms with van der Waals surface area (Å²) in [6.45, 7) is 2.25. The number of hydrogen-bond acceptors (Lipinski definition) is 4. The first kappa shape index (κ1) is 18.4. The summed E-state index contributed by atoms with van der Waals surface area (Å²) in [5, 5.41) is 0. The molecule has 0 aliphatic heterocycles. The predicted molar refractivity (Wildman–Crippen MR) is 79.9 cm³/mol. The summed E-state index contributed by atoms with van der Waals surface area (Å²) in [4.78, 5) is 14.9. The van der Waals surface area contributed by atoms with E-state index in [1.54, 1.807) is 0 Å². The fourth-order valence-corrected chi connectivity index (χ4v) is 2.59. The minimum absolute atomic E-state index is 0.0604. The van der Waals surface area contributed by atoms with Crippen molar-refractivity contribution in [3.63, 3.8) is 0 Å². The van der Waals surface area contributed by atoms with Gasteiger partial charge in [-0.1, -0.05) is 19.8 Å². The molecule has 0 aromatic rings. The maximum absolute atomic E-state index is 11.7. The number of nitrogens with zero attached hydrogens (tertiary/aromatic N) is 2. The average Bonchev–Trinajstić information content (AvgIpc) is 2.32. The highest BCUT2D eigenvalue weighted by Crippen LogP contribution is 2.04. The van der Waals surface area contributed by atoms with Crippen molar-refractivity contribution >= 4 is 27.6 Å². The molecule has 0 aromatic carbocycles. The van der Waals surface area contributed by atoms with Gasteiger partial charge in [-0.3, -0.25) is 9.79 Å². The van der Waals surface area contributed by atoms with E-state index in [1.807, 2.05) is 6.92 Å². The topological polar surface area (TPSA) is 154 Å². The quantitative estimate of drug-likeness (QED) is 0.281. The van der Waals surface area contributed by atoms with Crippen LogP contribution in [0.15, 0.2) is 9.39 Å². The molecule has 0 aromatic heterocycles. The van der Waals surface area contributed by atoms with E-state index in [9.17, 15) is 13.2 Å². The van der Waals surface area contributed by atoms with E-state index >= 15 is 0 Å². The smallest absolute Gasteiger partial charge is 0.263 e. The highest BCUT2D eigenvalue weighted by atomic mass is 32.2. The molecule has 0 heterocycles. The zero-order chi connectivity index (χ0) is 15.6. The average molecular weight is 305 g/mol. The van der Waals surface area contributed by atoms with Crippen molar-refractivity contribution in [1.82, 2.24) is 0 Å². The molecule has 8 nitrogen and oxygen atoms in total. The second-order valence-electron chi connectivity index (χ2n) is 4.31. The molecule has 0 saturated heterocycles. The number of carbonyl (C=O) groups excluding carboxylic acids is 1. The lowest BCUT2D eigenvalue weighted by molar-refractivity contribution is -0.112. The van der Waals surface area contributed by atoms with Crippen LogP contribution in [0.25, 0.3) is 0 Å². The number of unbranched alkanes of at least 4 members (excludes halogenated alkanes) is 2. The highest BCUT2D eigenvalue weighted by Gasteiger charge is 2.14. The minimum atomic E-state index is -3.65. The molecule has 0 bridgehead atoms. The summed E-state index contributed by atoms with van der Waals surface area (Å²) in [5.41, 5.74) is 15.3. The molecule has 0 aliphatic rings. The molecule has 20 heavy (non-hydrogen) atoms. The van der Waals surface area contributed by atoms with Crippen molar-refractivity contribution in [2.75, 3.05) is 12.3 Å². The van der Waals surface area contributed by atoms with Crippen molar-refractivity contribution in [3.8, 4) is 0 Å². The zero-order valence-electron chi connectivity index (χ0n) is 11.7. The van der Waals surface area contributed by atoms with Crippen LogP contribution in [0, 0.1) is 0 Å². The Labute approximate surface area is 119 Å². The Balaban J connectivity index is 4.61. The van der Waals surface area contributed by atoms with E-state index in [4.69, 9.17) is 17.2 Å². The first-order valence-electron chi connectivity index (χ1n) is 6.45. The SMILES string of the molecule is CCCCCS(=O)(=O)N=C(CCCN=C(N)N)C(N)=O. The number of sulfonamides is 1. The normalized spacial score (nSPS) is 12.2. The molecule has 0 atom stereocenters. The fraction of sp³-hybridized carbons (Fsp3) is 0.727. The van der Waals surface area contributed by atoms with E-state index in [0.717, 1.165) is 12.8 Å². The molecular weight excluding hydrogens is 282 g/mol. The summed E-state index contributed by atoms with van der Waals surface area (Å²) in [5.74, 6) is -0.977. The Morgan fingerprint density at radius 3 is 2.25 bits per heavy atom. The number of aliphatic imine (C=N–C) groups is 1. The summed E-state index contributed by atoms with van der Waals surface area (Å²) < 4.78 is 26.9. The van der Waals surface area contributed by atoms with Crippen LogP contribution in [-0.2, 0) is 14.8 Å². The number of guanidine groups is 1. The zero-order valence-corrected chi connectivity index (χ0v) is 12.5. The number of primary amides is 1. The Hall–Kier alpha value is -1.64. The van der Waals surface area contributed by atoms with Crippen molar-refractivity contribution in [2.24, 2.45) is 26.6 Å². The Morgan fingerprint density at radius 2 is 1.75 bits per heavy atom. The van der Waals surface area contributed by atoms with Gasteiger partial charge in [-0.2, -0.15) is 4.40 Å². The first-order chi connectivity index (χ1) is 9.28. The molecule has 9 heteroatoms. The van der Waals surface area contributed by atoms with Crippen LogP contribution in [0.3, 0.4) is 0 Å². The minimum Gasteiger partial charge on any atom is -0.370 e. The third kappa shape index (κ3) is 9.31. The van der Waals surface area contributed by atoms with Crippen LogP contribution < -0.4 is 17.2 Å². The monoisotopic (exact) mass is 305 g/mol. The second kappa shape index (κ2) is 9.29. The van der Waals surface area contributed by atoms with Crippen LogP contribution in [0.1, 0.15) is 39.0 Å². The van der Waals surface area contributed by atoms with E-state index in [1.165, 1.54) is 0 Å². The summed E-state index contributed by atoms with van der Waals surface area (Å²) in [7, 11) is -3.65. The standard InChI is InChI=1S/C11H23N5O3S/c1-2-3-4-8-20(18,19)16-9(10(12)17)6-5-7-15-11(13)14/h2-8H2,1H3,(H2,12,17)(H4,13,14,15). The van der Waals surface area contributed by atoms with Crippen molar-refractivity contribution in [3.05, 3.63) is 0 Å². The van der Waals surface area contributed by atoms with Gasteiger partial charge in [-0.15, -0.1) is 0 Å². The number of rotatable bonds is 10. The lowest BCUT2D eigenvalue weighted by atomic mass is 10.2. The molecule has 0 saturated carbocycles. The predicted octanol–water partition coefficient (Wildman–Crippen LogP) is -0.514. The van der Waals surface area contributed by atoms with Crippen molar-refractivity contribution < 1.29 is 13.2 Å². The van der Waals surface area contributed by atoms with E-state index in [2.05, 4.69) is 9.39 Å². The molecule has 0 aliphatic carbocycles. The van der Waals surface area contributed by atoms with E-state index in [-0.39, 0.29) is 30.4 Å². The Bertz CT molecular complexity index is 466. The molecule has 1 amide bonds. The highest BCUT2D eigenvalue weighted by molar-refractivity contribution is 7.90. The van der Waals surface area contributed by atoms with Crippen molar-refractivity contribution in [1.29, 1.82) is 0 Å². The number of nitrogens with two attached hydrogens (primary N) is 3. The number of hydrogen-bond donors (Lipinski definition) is 3. The van der Waals surface area contributed by atoms with Gasteiger partial charge in [0.25, 0.3) is 15.9 Å². The number of amides is 1. The third-order valence-corrected chi connectivity index (χ3v) is 3.71. The lowest BCUT2D eigenvalue weighted by Crippen LogP contribution is -2.26. The van der Waals surface area contributed by atoms with Gasteiger partial charge in [0.05, 0.1) is 5.75 Å². The number of carbonyl (C=O) groups is 1. The fourth-order valence-electron chi connectivity index (χ4n) is 1.42.